The monoisotopic (exact) mass is 679 g/mol. The predicted molar refractivity (Wildman–Crippen MR) is 153 cm³/mol. The smallest absolute Gasteiger partial charge is 0.408 e. The van der Waals surface area contributed by atoms with E-state index in [0.29, 0.717) is 5.69 Å². The van der Waals surface area contributed by atoms with E-state index in [1.165, 1.54) is 12.4 Å². The van der Waals surface area contributed by atoms with Gasteiger partial charge in [-0.25, -0.2) is 35.9 Å². The van der Waals surface area contributed by atoms with Crippen LogP contribution in [-0.4, -0.2) is 77.5 Å². The van der Waals surface area contributed by atoms with E-state index in [2.05, 4.69) is 47.4 Å². The van der Waals surface area contributed by atoms with E-state index in [1.54, 1.807) is 41.5 Å². The largest absolute Gasteiger partial charge is 0.444 e. The molecule has 0 saturated heterocycles. The topological polar surface area (TPSA) is 186 Å². The summed E-state index contributed by atoms with van der Waals surface area (Å²) >= 11 is 0. The minimum Gasteiger partial charge on any atom is -0.444 e. The number of hydrogen-bond donors (Lipinski definition) is 5. The number of amides is 2. The molecule has 5 rings (SSSR count). The summed E-state index contributed by atoms with van der Waals surface area (Å²) in [6.07, 6.45) is 3.59. The molecular weight excluding hydrogens is 640 g/mol. The Morgan fingerprint density at radius 2 is 1.17 bits per heavy atom. The SMILES string of the molecule is C#CC1(NC(=O)OC(C)(C)C)CC(F)(F)C1.CC(C)(C)OC(=O)NC1(c2cn[nH]n2)CC(F)(F)C1.NC1(c2cn[nH]n2)CC(F)(F)C1. The van der Waals surface area contributed by atoms with E-state index in [9.17, 15) is 35.9 Å². The molecule has 0 spiro atoms. The fraction of sp³-hybridized carbons (Fsp3) is 0.714. The second-order valence-electron chi connectivity index (χ2n) is 14.1. The van der Waals surface area contributed by atoms with Crippen LogP contribution in [0.25, 0.3) is 0 Å². The van der Waals surface area contributed by atoms with Gasteiger partial charge in [0.15, 0.2) is 0 Å². The molecule has 3 fully saturated rings. The molecule has 2 amide bonds. The first-order valence-electron chi connectivity index (χ1n) is 14.4. The summed E-state index contributed by atoms with van der Waals surface area (Å²) in [5.41, 5.74) is 1.52. The zero-order chi connectivity index (χ0) is 35.7. The van der Waals surface area contributed by atoms with Gasteiger partial charge >= 0.3 is 12.2 Å². The molecule has 3 aliphatic rings. The number of nitrogens with zero attached hydrogens (tertiary/aromatic N) is 4. The van der Waals surface area contributed by atoms with E-state index >= 15 is 0 Å². The lowest BCUT2D eigenvalue weighted by atomic mass is 9.71. The Balaban J connectivity index is 0.000000196. The molecule has 2 aromatic heterocycles. The number of alkyl carbamates (subject to hydrolysis) is 2. The van der Waals surface area contributed by atoms with E-state index in [4.69, 9.17) is 21.6 Å². The second-order valence-corrected chi connectivity index (χ2v) is 14.1. The highest BCUT2D eigenvalue weighted by Gasteiger charge is 2.60. The lowest BCUT2D eigenvalue weighted by Crippen LogP contribution is -2.61. The van der Waals surface area contributed by atoms with Gasteiger partial charge in [0.2, 0.25) is 0 Å². The van der Waals surface area contributed by atoms with Crippen molar-refractivity contribution in [1.82, 2.24) is 41.5 Å². The van der Waals surface area contributed by atoms with Gasteiger partial charge in [0.1, 0.15) is 33.7 Å². The number of terminal acetylenes is 1. The molecule has 0 aromatic carbocycles. The number of nitrogens with two attached hydrogens (primary N) is 1. The number of hydrogen-bond acceptors (Lipinski definition) is 9. The third kappa shape index (κ3) is 10.2. The van der Waals surface area contributed by atoms with Crippen LogP contribution in [0.2, 0.25) is 0 Å². The van der Waals surface area contributed by atoms with Crippen molar-refractivity contribution in [1.29, 1.82) is 0 Å². The van der Waals surface area contributed by atoms with Crippen LogP contribution in [0.5, 0.6) is 0 Å². The van der Waals surface area contributed by atoms with E-state index < -0.39 is 83.5 Å². The highest BCUT2D eigenvalue weighted by molar-refractivity contribution is 5.70. The van der Waals surface area contributed by atoms with Crippen molar-refractivity contribution >= 4 is 12.2 Å². The summed E-state index contributed by atoms with van der Waals surface area (Å²) in [7, 11) is 0. The molecule has 19 heteroatoms. The molecule has 6 N–H and O–H groups in total. The van der Waals surface area contributed by atoms with Crippen molar-refractivity contribution in [2.45, 2.75) is 126 Å². The maximum absolute atomic E-state index is 13.2. The highest BCUT2D eigenvalue weighted by atomic mass is 19.3. The number of H-pyrrole nitrogens is 2. The van der Waals surface area contributed by atoms with Gasteiger partial charge in [0.25, 0.3) is 17.8 Å². The minimum atomic E-state index is -2.81. The van der Waals surface area contributed by atoms with Crippen LogP contribution in [0, 0.1) is 12.3 Å². The Hall–Kier alpha value is -4.08. The lowest BCUT2D eigenvalue weighted by molar-refractivity contribution is -0.137. The molecule has 0 radical (unpaired) electrons. The summed E-state index contributed by atoms with van der Waals surface area (Å²) in [4.78, 5) is 23.1. The quantitative estimate of drug-likeness (QED) is 0.227. The molecular formula is C28H39F6N9O4. The second kappa shape index (κ2) is 12.5. The Morgan fingerprint density at radius 3 is 1.51 bits per heavy atom. The van der Waals surface area contributed by atoms with Crippen molar-refractivity contribution in [3.05, 3.63) is 23.8 Å². The normalized spacial score (nSPS) is 22.0. The zero-order valence-corrected chi connectivity index (χ0v) is 26.7. The number of aromatic amines is 2. The van der Waals surface area contributed by atoms with Crippen LogP contribution < -0.4 is 16.4 Å². The van der Waals surface area contributed by atoms with E-state index in [1.807, 2.05) is 0 Å². The van der Waals surface area contributed by atoms with Crippen molar-refractivity contribution in [2.75, 3.05) is 0 Å². The average molecular weight is 680 g/mol. The van der Waals surface area contributed by atoms with Crippen molar-refractivity contribution in [3.63, 3.8) is 0 Å². The summed E-state index contributed by atoms with van der Waals surface area (Å²) in [6.45, 7) is 10.2. The third-order valence-electron chi connectivity index (χ3n) is 6.98. The summed E-state index contributed by atoms with van der Waals surface area (Å²) in [5.74, 6) is -6.04. The standard InChI is InChI=1S/C11H16F2N4O2.C11H15F2NO2.C6H8F2N4/c1-9(2,3)19-8(18)15-10(5-11(12,13)6-10)7-4-14-17-16-7;1-5-10(6-11(12,13)7-10)14-8(15)16-9(2,3)4;7-6(8)2-5(9,3-6)4-1-10-12-11-4/h4H,5-6H2,1-3H3,(H,15,18)(H,14,16,17);1H,6-7H2,2-4H3,(H,14,15);1H,2-3,9H2,(H,10,11,12). The van der Waals surface area contributed by atoms with E-state index in [-0.39, 0.29) is 18.5 Å². The molecule has 3 aliphatic carbocycles. The number of halogens is 6. The number of rotatable bonds is 4. The number of alkyl halides is 6. The Morgan fingerprint density at radius 1 is 0.766 bits per heavy atom. The lowest BCUT2D eigenvalue weighted by Gasteiger charge is -2.46. The molecule has 0 atom stereocenters. The molecule has 0 bridgehead atoms. The van der Waals surface area contributed by atoms with Crippen LogP contribution in [0.3, 0.4) is 0 Å². The molecule has 13 nitrogen and oxygen atoms in total. The molecule has 2 aromatic rings. The molecule has 262 valence electrons. The van der Waals surface area contributed by atoms with Crippen LogP contribution in [0.15, 0.2) is 12.4 Å². The van der Waals surface area contributed by atoms with Gasteiger partial charge in [0, 0.05) is 38.5 Å². The first-order chi connectivity index (χ1) is 21.2. The Kier molecular flexibility index (Phi) is 9.95. The predicted octanol–water partition coefficient (Wildman–Crippen LogP) is 4.65. The Bertz CT molecular complexity index is 1410. The van der Waals surface area contributed by atoms with Gasteiger partial charge in [-0.2, -0.15) is 30.8 Å². The summed E-state index contributed by atoms with van der Waals surface area (Å²) < 4.78 is 86.8. The van der Waals surface area contributed by atoms with Crippen LogP contribution in [0.1, 0.15) is 91.5 Å². The summed E-state index contributed by atoms with van der Waals surface area (Å²) in [6, 6.07) is 0. The minimum absolute atomic E-state index is 0.282. The number of nitrogens with one attached hydrogen (secondary N) is 4. The average Bonchev–Trinajstić information content (AvgIpc) is 3.53. The fourth-order valence-electron chi connectivity index (χ4n) is 5.15. The van der Waals surface area contributed by atoms with Crippen LogP contribution >= 0.6 is 0 Å². The van der Waals surface area contributed by atoms with Crippen molar-refractivity contribution in [3.8, 4) is 12.3 Å². The Labute approximate surface area is 266 Å². The van der Waals surface area contributed by atoms with Crippen molar-refractivity contribution in [2.24, 2.45) is 5.73 Å². The third-order valence-corrected chi connectivity index (χ3v) is 6.98. The van der Waals surface area contributed by atoms with Crippen molar-refractivity contribution < 1.29 is 45.4 Å². The van der Waals surface area contributed by atoms with Gasteiger partial charge in [0.05, 0.1) is 17.9 Å². The zero-order valence-electron chi connectivity index (χ0n) is 26.7. The number of ether oxygens (including phenoxy) is 2. The molecule has 0 unspecified atom stereocenters. The van der Waals surface area contributed by atoms with Gasteiger partial charge in [-0.1, -0.05) is 5.92 Å². The van der Waals surface area contributed by atoms with Gasteiger partial charge in [-0.05, 0) is 41.5 Å². The maximum Gasteiger partial charge on any atom is 0.408 e. The maximum atomic E-state index is 13.2. The molecule has 2 heterocycles. The van der Waals surface area contributed by atoms with Gasteiger partial charge in [-0.15, -0.1) is 6.42 Å². The van der Waals surface area contributed by atoms with Gasteiger partial charge in [-0.3, -0.25) is 0 Å². The van der Waals surface area contributed by atoms with Crippen LogP contribution in [-0.2, 0) is 20.6 Å². The number of carbonyl (C=O) groups excluding carboxylic acids is 2. The molecule has 3 saturated carbocycles. The van der Waals surface area contributed by atoms with Crippen LogP contribution in [0.4, 0.5) is 35.9 Å². The highest BCUT2D eigenvalue weighted by Crippen LogP contribution is 2.51. The number of carbonyl (C=O) groups is 2. The fourth-order valence-corrected chi connectivity index (χ4v) is 5.15. The van der Waals surface area contributed by atoms with E-state index in [0.717, 1.165) is 0 Å². The first-order valence-corrected chi connectivity index (χ1v) is 14.4. The summed E-state index contributed by atoms with van der Waals surface area (Å²) in [5, 5.41) is 24.1. The molecule has 0 aliphatic heterocycles. The first kappa shape index (κ1) is 37.4. The van der Waals surface area contributed by atoms with Gasteiger partial charge < -0.3 is 25.8 Å². The number of aromatic nitrogens is 6. The molecule has 47 heavy (non-hydrogen) atoms.